The first kappa shape index (κ1) is 21.3. The number of hydrogen-bond acceptors (Lipinski definition) is 5. The molecule has 4 aromatic heterocycles. The minimum atomic E-state index is -0.132. The maximum absolute atomic E-state index is 13.3. The molecule has 2 N–H and O–H groups in total. The molecule has 0 aliphatic heterocycles. The number of thiophene rings is 1. The molecule has 0 radical (unpaired) electrons. The largest absolute Gasteiger partial charge is 0.352 e. The summed E-state index contributed by atoms with van der Waals surface area (Å²) >= 11 is 1.74. The van der Waals surface area contributed by atoms with Crippen molar-refractivity contribution in [3.05, 3.63) is 63.7 Å². The molecule has 168 valence electrons. The average Bonchev–Trinajstić information content (AvgIpc) is 3.48. The van der Waals surface area contributed by atoms with Crippen LogP contribution in [0.3, 0.4) is 0 Å². The van der Waals surface area contributed by atoms with E-state index in [4.69, 9.17) is 4.98 Å². The van der Waals surface area contributed by atoms with Crippen molar-refractivity contribution < 1.29 is 4.79 Å². The Balaban J connectivity index is 1.45. The van der Waals surface area contributed by atoms with Gasteiger partial charge < -0.3 is 10.3 Å². The van der Waals surface area contributed by atoms with Gasteiger partial charge >= 0.3 is 0 Å². The van der Waals surface area contributed by atoms with E-state index in [1.807, 2.05) is 35.0 Å². The Kier molecular flexibility index (Phi) is 5.46. The number of nitrogens with one attached hydrogen (secondary N) is 2. The van der Waals surface area contributed by atoms with E-state index in [0.717, 1.165) is 39.1 Å². The SMILES string of the molecule is Cc1cc(-c2cc(C(=O)NCCc3nc4ccccc4[nH]3)c3cnn(C(C)C)c3n2)c(C)s1. The summed E-state index contributed by atoms with van der Waals surface area (Å²) in [5, 5.41) is 8.34. The van der Waals surface area contributed by atoms with Gasteiger partial charge in [-0.1, -0.05) is 12.1 Å². The molecule has 0 aliphatic carbocycles. The number of pyridine rings is 1. The number of imidazole rings is 1. The van der Waals surface area contributed by atoms with Gasteiger partial charge in [-0.05, 0) is 52.0 Å². The topological polar surface area (TPSA) is 88.5 Å². The number of nitrogens with zero attached hydrogens (tertiary/aromatic N) is 4. The number of aromatic amines is 1. The van der Waals surface area contributed by atoms with Crippen molar-refractivity contribution in [2.24, 2.45) is 0 Å². The number of amides is 1. The number of fused-ring (bicyclic) bond motifs is 2. The Morgan fingerprint density at radius 1 is 1.18 bits per heavy atom. The fraction of sp³-hybridized carbons (Fsp3) is 0.280. The number of rotatable bonds is 6. The van der Waals surface area contributed by atoms with Gasteiger partial charge in [0, 0.05) is 34.3 Å². The first-order valence-electron chi connectivity index (χ1n) is 11.1. The third-order valence-electron chi connectivity index (χ3n) is 5.70. The van der Waals surface area contributed by atoms with Crippen LogP contribution in [0.25, 0.3) is 33.3 Å². The summed E-state index contributed by atoms with van der Waals surface area (Å²) in [6, 6.07) is 12.1. The van der Waals surface area contributed by atoms with E-state index in [9.17, 15) is 4.79 Å². The van der Waals surface area contributed by atoms with E-state index in [1.165, 1.54) is 9.75 Å². The Bertz CT molecular complexity index is 1440. The van der Waals surface area contributed by atoms with E-state index in [2.05, 4.69) is 54.1 Å². The van der Waals surface area contributed by atoms with Crippen molar-refractivity contribution >= 4 is 39.3 Å². The third kappa shape index (κ3) is 4.02. The van der Waals surface area contributed by atoms with Crippen LogP contribution >= 0.6 is 11.3 Å². The number of para-hydroxylation sites is 2. The summed E-state index contributed by atoms with van der Waals surface area (Å²) < 4.78 is 1.87. The normalized spacial score (nSPS) is 11.7. The highest BCUT2D eigenvalue weighted by molar-refractivity contribution is 7.12. The van der Waals surface area contributed by atoms with Gasteiger partial charge in [0.15, 0.2) is 5.65 Å². The molecule has 33 heavy (non-hydrogen) atoms. The molecule has 0 atom stereocenters. The van der Waals surface area contributed by atoms with E-state index < -0.39 is 0 Å². The Morgan fingerprint density at radius 2 is 2.00 bits per heavy atom. The molecule has 0 spiro atoms. The molecule has 1 amide bonds. The molecule has 0 saturated carbocycles. The fourth-order valence-corrected chi connectivity index (χ4v) is 5.05. The van der Waals surface area contributed by atoms with Crippen LogP contribution in [0.4, 0.5) is 0 Å². The molecule has 0 aliphatic rings. The molecule has 0 unspecified atom stereocenters. The zero-order valence-electron chi connectivity index (χ0n) is 19.1. The number of hydrogen-bond donors (Lipinski definition) is 2. The van der Waals surface area contributed by atoms with Crippen LogP contribution in [-0.4, -0.2) is 37.2 Å². The summed E-state index contributed by atoms with van der Waals surface area (Å²) in [6.07, 6.45) is 2.36. The van der Waals surface area contributed by atoms with Crippen LogP contribution in [0.2, 0.25) is 0 Å². The zero-order chi connectivity index (χ0) is 23.1. The highest BCUT2D eigenvalue weighted by Crippen LogP contribution is 2.32. The number of carbonyl (C=O) groups excluding carboxylic acids is 1. The third-order valence-corrected chi connectivity index (χ3v) is 6.67. The second kappa shape index (κ2) is 8.44. The molecule has 1 aromatic carbocycles. The number of carbonyl (C=O) groups is 1. The van der Waals surface area contributed by atoms with Crippen LogP contribution in [0.1, 0.15) is 45.8 Å². The van der Waals surface area contributed by atoms with Crippen LogP contribution in [-0.2, 0) is 6.42 Å². The predicted molar refractivity (Wildman–Crippen MR) is 133 cm³/mol. The summed E-state index contributed by atoms with van der Waals surface area (Å²) in [7, 11) is 0. The molecule has 8 heteroatoms. The minimum absolute atomic E-state index is 0.132. The standard InChI is InChI=1S/C25H26N6OS/c1-14(2)31-24-19(13-27-31)18(12-22(30-24)17-11-15(3)33-16(17)4)25(32)26-10-9-23-28-20-7-5-6-8-21(20)29-23/h5-8,11-14H,9-10H2,1-4H3,(H,26,32)(H,28,29). The molecule has 7 nitrogen and oxygen atoms in total. The molecule has 0 saturated heterocycles. The Morgan fingerprint density at radius 3 is 2.73 bits per heavy atom. The van der Waals surface area contributed by atoms with Crippen LogP contribution in [0.15, 0.2) is 42.6 Å². The molecule has 5 aromatic rings. The van der Waals surface area contributed by atoms with Gasteiger partial charge in [0.25, 0.3) is 5.91 Å². The molecule has 0 bridgehead atoms. The lowest BCUT2D eigenvalue weighted by molar-refractivity contribution is 0.0955. The van der Waals surface area contributed by atoms with Crippen LogP contribution < -0.4 is 5.32 Å². The summed E-state index contributed by atoms with van der Waals surface area (Å²) in [4.78, 5) is 28.5. The van der Waals surface area contributed by atoms with Gasteiger partial charge in [0.1, 0.15) is 5.82 Å². The first-order chi connectivity index (χ1) is 15.9. The van der Waals surface area contributed by atoms with Gasteiger partial charge in [-0.15, -0.1) is 11.3 Å². The highest BCUT2D eigenvalue weighted by atomic mass is 32.1. The predicted octanol–water partition coefficient (Wildman–Crippen LogP) is 5.21. The Hall–Kier alpha value is -3.52. The van der Waals surface area contributed by atoms with Gasteiger partial charge in [-0.2, -0.15) is 5.10 Å². The summed E-state index contributed by atoms with van der Waals surface area (Å²) in [5.41, 5.74) is 5.12. The van der Waals surface area contributed by atoms with Crippen molar-refractivity contribution in [3.8, 4) is 11.3 Å². The monoisotopic (exact) mass is 458 g/mol. The Labute approximate surface area is 195 Å². The quantitative estimate of drug-likeness (QED) is 0.366. The second-order valence-corrected chi connectivity index (χ2v) is 9.97. The highest BCUT2D eigenvalue weighted by Gasteiger charge is 2.20. The van der Waals surface area contributed by atoms with Gasteiger partial charge in [-0.25, -0.2) is 14.6 Å². The molecule has 4 heterocycles. The van der Waals surface area contributed by atoms with Crippen LogP contribution in [0, 0.1) is 13.8 Å². The molecule has 5 rings (SSSR count). The van der Waals surface area contributed by atoms with E-state index >= 15 is 0 Å². The molecule has 0 fully saturated rings. The van der Waals surface area contributed by atoms with Gasteiger partial charge in [-0.3, -0.25) is 4.79 Å². The molecular weight excluding hydrogens is 432 g/mol. The zero-order valence-corrected chi connectivity index (χ0v) is 20.0. The maximum Gasteiger partial charge on any atom is 0.252 e. The van der Waals surface area contributed by atoms with Gasteiger partial charge in [0.05, 0.1) is 33.9 Å². The lowest BCUT2D eigenvalue weighted by Gasteiger charge is -2.11. The van der Waals surface area contributed by atoms with E-state index in [1.54, 1.807) is 17.5 Å². The first-order valence-corrected chi connectivity index (χ1v) is 11.9. The second-order valence-electron chi connectivity index (χ2n) is 8.51. The van der Waals surface area contributed by atoms with Crippen molar-refractivity contribution in [1.82, 2.24) is 30.0 Å². The number of aryl methyl sites for hydroxylation is 2. The minimum Gasteiger partial charge on any atom is -0.352 e. The average molecular weight is 459 g/mol. The van der Waals surface area contributed by atoms with Crippen LogP contribution in [0.5, 0.6) is 0 Å². The summed E-state index contributed by atoms with van der Waals surface area (Å²) in [5.74, 6) is 0.724. The van der Waals surface area contributed by atoms with Crippen molar-refractivity contribution in [1.29, 1.82) is 0 Å². The van der Waals surface area contributed by atoms with Crippen molar-refractivity contribution in [2.45, 2.75) is 40.2 Å². The van der Waals surface area contributed by atoms with Gasteiger partial charge in [0.2, 0.25) is 0 Å². The maximum atomic E-state index is 13.3. The summed E-state index contributed by atoms with van der Waals surface area (Å²) in [6.45, 7) is 8.78. The van der Waals surface area contributed by atoms with E-state index in [0.29, 0.717) is 18.5 Å². The lowest BCUT2D eigenvalue weighted by atomic mass is 10.1. The number of H-pyrrole nitrogens is 1. The lowest BCUT2D eigenvalue weighted by Crippen LogP contribution is -2.26. The smallest absolute Gasteiger partial charge is 0.252 e. The fourth-order valence-electron chi connectivity index (χ4n) is 4.12. The van der Waals surface area contributed by atoms with E-state index in [-0.39, 0.29) is 11.9 Å². The van der Waals surface area contributed by atoms with Crippen molar-refractivity contribution in [2.75, 3.05) is 6.54 Å². The molecular formula is C25H26N6OS. The van der Waals surface area contributed by atoms with Crippen molar-refractivity contribution in [3.63, 3.8) is 0 Å². The number of aromatic nitrogens is 5. The number of benzene rings is 1.